The maximum atomic E-state index is 12.3. The first kappa shape index (κ1) is 14.5. The molecular formula is C14H21NO3S. The second-order valence-corrected chi connectivity index (χ2v) is 6.92. The summed E-state index contributed by atoms with van der Waals surface area (Å²) < 4.78 is 27.3. The predicted molar refractivity (Wildman–Crippen MR) is 74.3 cm³/mol. The Kier molecular flexibility index (Phi) is 4.60. The lowest BCUT2D eigenvalue weighted by atomic mass is 9.96. The first-order valence-corrected chi connectivity index (χ1v) is 8.24. The highest BCUT2D eigenvalue weighted by Crippen LogP contribution is 2.21. The van der Waals surface area contributed by atoms with Crippen molar-refractivity contribution in [3.8, 4) is 0 Å². The molecule has 0 atom stereocenters. The quantitative estimate of drug-likeness (QED) is 0.889. The van der Waals surface area contributed by atoms with Crippen LogP contribution in [0.15, 0.2) is 23.1 Å². The van der Waals surface area contributed by atoms with Gasteiger partial charge in [-0.2, -0.15) is 0 Å². The maximum absolute atomic E-state index is 12.3. The van der Waals surface area contributed by atoms with Crippen LogP contribution in [0.2, 0.25) is 0 Å². The lowest BCUT2D eigenvalue weighted by molar-refractivity contribution is 0.280. The Morgan fingerprint density at radius 1 is 1.26 bits per heavy atom. The van der Waals surface area contributed by atoms with E-state index in [9.17, 15) is 13.5 Å². The van der Waals surface area contributed by atoms with Gasteiger partial charge >= 0.3 is 0 Å². The minimum absolute atomic E-state index is 0.0534. The van der Waals surface area contributed by atoms with Gasteiger partial charge in [-0.1, -0.05) is 25.3 Å². The third-order valence-electron chi connectivity index (χ3n) is 3.73. The second-order valence-electron chi connectivity index (χ2n) is 5.20. The van der Waals surface area contributed by atoms with E-state index in [2.05, 4.69) is 4.72 Å². The number of benzene rings is 1. The molecule has 0 bridgehead atoms. The SMILES string of the molecule is Cc1ccc(S(=O)(=O)NC2CCCCC2)cc1CO. The van der Waals surface area contributed by atoms with Gasteiger partial charge in [0.2, 0.25) is 10.0 Å². The predicted octanol–water partition coefficient (Wildman–Crippen LogP) is 2.10. The number of hydrogen-bond acceptors (Lipinski definition) is 3. The van der Waals surface area contributed by atoms with Crippen LogP contribution >= 0.6 is 0 Å². The minimum Gasteiger partial charge on any atom is -0.392 e. The van der Waals surface area contributed by atoms with Crippen molar-refractivity contribution in [3.63, 3.8) is 0 Å². The van der Waals surface area contributed by atoms with Crippen LogP contribution in [-0.2, 0) is 16.6 Å². The summed E-state index contributed by atoms with van der Waals surface area (Å²) in [5, 5.41) is 9.21. The highest BCUT2D eigenvalue weighted by molar-refractivity contribution is 7.89. The molecule has 0 radical (unpaired) electrons. The van der Waals surface area contributed by atoms with E-state index in [1.54, 1.807) is 18.2 Å². The van der Waals surface area contributed by atoms with Crippen LogP contribution in [0.3, 0.4) is 0 Å². The molecule has 1 aliphatic carbocycles. The first-order chi connectivity index (χ1) is 9.03. The molecule has 1 fully saturated rings. The zero-order valence-corrected chi connectivity index (χ0v) is 12.0. The normalized spacial score (nSPS) is 17.6. The van der Waals surface area contributed by atoms with Gasteiger partial charge in [0.1, 0.15) is 0 Å². The topological polar surface area (TPSA) is 66.4 Å². The van der Waals surface area contributed by atoms with E-state index in [-0.39, 0.29) is 17.5 Å². The molecule has 1 aromatic rings. The fourth-order valence-electron chi connectivity index (χ4n) is 2.49. The molecule has 0 amide bonds. The highest BCUT2D eigenvalue weighted by Gasteiger charge is 2.22. The summed E-state index contributed by atoms with van der Waals surface area (Å²) in [7, 11) is -3.47. The summed E-state index contributed by atoms with van der Waals surface area (Å²) in [5.41, 5.74) is 1.56. The molecular weight excluding hydrogens is 262 g/mol. The van der Waals surface area contributed by atoms with E-state index in [4.69, 9.17) is 0 Å². The Morgan fingerprint density at radius 3 is 2.58 bits per heavy atom. The molecule has 0 aromatic heterocycles. The molecule has 106 valence electrons. The first-order valence-electron chi connectivity index (χ1n) is 6.75. The van der Waals surface area contributed by atoms with Crippen LogP contribution in [0.4, 0.5) is 0 Å². The van der Waals surface area contributed by atoms with Crippen LogP contribution in [0.5, 0.6) is 0 Å². The highest BCUT2D eigenvalue weighted by atomic mass is 32.2. The van der Waals surface area contributed by atoms with Crippen LogP contribution in [0.1, 0.15) is 43.2 Å². The van der Waals surface area contributed by atoms with E-state index in [0.29, 0.717) is 5.56 Å². The number of sulfonamides is 1. The summed E-state index contributed by atoms with van der Waals surface area (Å²) in [4.78, 5) is 0.243. The molecule has 1 aliphatic rings. The molecule has 0 heterocycles. The van der Waals surface area contributed by atoms with Crippen molar-refractivity contribution in [2.75, 3.05) is 0 Å². The molecule has 0 spiro atoms. The zero-order chi connectivity index (χ0) is 13.9. The van der Waals surface area contributed by atoms with Gasteiger partial charge in [-0.15, -0.1) is 0 Å². The van der Waals surface area contributed by atoms with Crippen LogP contribution in [0.25, 0.3) is 0 Å². The molecule has 2 N–H and O–H groups in total. The van der Waals surface area contributed by atoms with Gasteiger partial charge in [0.15, 0.2) is 0 Å². The Balaban J connectivity index is 2.18. The van der Waals surface area contributed by atoms with Gasteiger partial charge < -0.3 is 5.11 Å². The number of aliphatic hydroxyl groups excluding tert-OH is 1. The van der Waals surface area contributed by atoms with Gasteiger partial charge in [0.25, 0.3) is 0 Å². The Hall–Kier alpha value is -0.910. The fraction of sp³-hybridized carbons (Fsp3) is 0.571. The van der Waals surface area contributed by atoms with Crippen molar-refractivity contribution < 1.29 is 13.5 Å². The van der Waals surface area contributed by atoms with Crippen molar-refractivity contribution in [3.05, 3.63) is 29.3 Å². The Labute approximate surface area is 114 Å². The standard InChI is InChI=1S/C14H21NO3S/c1-11-7-8-14(9-12(11)10-16)19(17,18)15-13-5-3-2-4-6-13/h7-9,13,15-16H,2-6,10H2,1H3. The van der Waals surface area contributed by atoms with E-state index in [1.807, 2.05) is 6.92 Å². The maximum Gasteiger partial charge on any atom is 0.240 e. The number of aliphatic hydroxyl groups is 1. The molecule has 4 nitrogen and oxygen atoms in total. The molecule has 1 aromatic carbocycles. The molecule has 0 unspecified atom stereocenters. The minimum atomic E-state index is -3.47. The van der Waals surface area contributed by atoms with E-state index >= 15 is 0 Å². The molecule has 2 rings (SSSR count). The number of nitrogens with one attached hydrogen (secondary N) is 1. The van der Waals surface area contributed by atoms with Crippen molar-refractivity contribution in [2.24, 2.45) is 0 Å². The van der Waals surface area contributed by atoms with Crippen molar-refractivity contribution >= 4 is 10.0 Å². The lowest BCUT2D eigenvalue weighted by Crippen LogP contribution is -2.36. The fourth-order valence-corrected chi connectivity index (χ4v) is 3.85. The summed E-state index contributed by atoms with van der Waals surface area (Å²) in [6.07, 6.45) is 5.19. The molecule has 5 heteroatoms. The Bertz CT molecular complexity index is 534. The summed E-state index contributed by atoms with van der Waals surface area (Å²) >= 11 is 0. The van der Waals surface area contributed by atoms with Crippen LogP contribution < -0.4 is 4.72 Å². The number of rotatable bonds is 4. The zero-order valence-electron chi connectivity index (χ0n) is 11.2. The third kappa shape index (κ3) is 3.55. The van der Waals surface area contributed by atoms with Gasteiger partial charge in [-0.3, -0.25) is 0 Å². The second kappa shape index (κ2) is 6.03. The van der Waals surface area contributed by atoms with Gasteiger partial charge in [0.05, 0.1) is 11.5 Å². The van der Waals surface area contributed by atoms with Crippen molar-refractivity contribution in [1.29, 1.82) is 0 Å². The molecule has 0 aliphatic heterocycles. The van der Waals surface area contributed by atoms with E-state index in [0.717, 1.165) is 31.2 Å². The number of hydrogen-bond donors (Lipinski definition) is 2. The van der Waals surface area contributed by atoms with Gasteiger partial charge in [-0.05, 0) is 43.0 Å². The number of aryl methyl sites for hydroxylation is 1. The van der Waals surface area contributed by atoms with E-state index in [1.165, 1.54) is 6.42 Å². The lowest BCUT2D eigenvalue weighted by Gasteiger charge is -2.22. The molecule has 19 heavy (non-hydrogen) atoms. The largest absolute Gasteiger partial charge is 0.392 e. The summed E-state index contributed by atoms with van der Waals surface area (Å²) in [6, 6.07) is 4.94. The summed E-state index contributed by atoms with van der Waals surface area (Å²) in [6.45, 7) is 1.72. The van der Waals surface area contributed by atoms with Gasteiger partial charge in [-0.25, -0.2) is 13.1 Å². The third-order valence-corrected chi connectivity index (χ3v) is 5.25. The smallest absolute Gasteiger partial charge is 0.240 e. The Morgan fingerprint density at radius 2 is 1.95 bits per heavy atom. The monoisotopic (exact) mass is 283 g/mol. The van der Waals surface area contributed by atoms with E-state index < -0.39 is 10.0 Å². The summed E-state index contributed by atoms with van der Waals surface area (Å²) in [5.74, 6) is 0. The van der Waals surface area contributed by atoms with Crippen molar-refractivity contribution in [1.82, 2.24) is 4.72 Å². The average Bonchev–Trinajstić information content (AvgIpc) is 2.39. The molecule has 0 saturated heterocycles. The van der Waals surface area contributed by atoms with Gasteiger partial charge in [0, 0.05) is 6.04 Å². The van der Waals surface area contributed by atoms with Crippen LogP contribution in [-0.4, -0.2) is 19.6 Å². The average molecular weight is 283 g/mol. The van der Waals surface area contributed by atoms with Crippen molar-refractivity contribution in [2.45, 2.75) is 56.6 Å². The van der Waals surface area contributed by atoms with Crippen LogP contribution in [0, 0.1) is 6.92 Å². The molecule has 1 saturated carbocycles.